The summed E-state index contributed by atoms with van der Waals surface area (Å²) in [6, 6.07) is 8.40. The van der Waals surface area contributed by atoms with Gasteiger partial charge in [0.25, 0.3) is 0 Å². The van der Waals surface area contributed by atoms with Gasteiger partial charge in [-0.2, -0.15) is 0 Å². The van der Waals surface area contributed by atoms with Gasteiger partial charge in [0.2, 0.25) is 0 Å². The Kier molecular flexibility index (Phi) is 2.44. The molecule has 0 radical (unpaired) electrons. The molecule has 0 amide bonds. The van der Waals surface area contributed by atoms with Gasteiger partial charge in [-0.3, -0.25) is 9.78 Å². The van der Waals surface area contributed by atoms with Gasteiger partial charge in [0, 0.05) is 28.1 Å². The van der Waals surface area contributed by atoms with Crippen molar-refractivity contribution in [1.29, 1.82) is 0 Å². The molecular formula is C20H13FN4O. The van der Waals surface area contributed by atoms with E-state index in [2.05, 4.69) is 17.2 Å². The van der Waals surface area contributed by atoms with Gasteiger partial charge in [-0.1, -0.05) is 12.1 Å². The molecular weight excluding hydrogens is 331 g/mol. The van der Waals surface area contributed by atoms with Crippen LogP contribution in [0.25, 0.3) is 38.2 Å². The first kappa shape index (κ1) is 14.1. The molecule has 126 valence electrons. The number of fused-ring (bicyclic) bond motifs is 5. The number of aromatic nitrogens is 4. The van der Waals surface area contributed by atoms with Crippen molar-refractivity contribution in [2.24, 2.45) is 5.92 Å². The molecule has 5 aromatic rings. The van der Waals surface area contributed by atoms with Gasteiger partial charge in [-0.25, -0.2) is 8.91 Å². The Bertz CT molecular complexity index is 1390. The summed E-state index contributed by atoms with van der Waals surface area (Å²) in [5.74, 6) is 0.00441. The smallest absolute Gasteiger partial charge is 0.165 e. The van der Waals surface area contributed by atoms with Gasteiger partial charge in [0.05, 0.1) is 16.7 Å². The predicted octanol–water partition coefficient (Wildman–Crippen LogP) is 3.93. The number of halogens is 1. The number of pyridine rings is 2. The summed E-state index contributed by atoms with van der Waals surface area (Å²) in [5, 5.41) is 10.8. The van der Waals surface area contributed by atoms with E-state index in [4.69, 9.17) is 4.98 Å². The zero-order valence-corrected chi connectivity index (χ0v) is 14.0. The fraction of sp³-hybridized carbons (Fsp3) is 0.200. The van der Waals surface area contributed by atoms with Crippen molar-refractivity contribution in [1.82, 2.24) is 19.8 Å². The average molecular weight is 344 g/mol. The number of ketones is 1. The van der Waals surface area contributed by atoms with Crippen molar-refractivity contribution in [2.45, 2.75) is 19.8 Å². The Morgan fingerprint density at radius 2 is 1.96 bits per heavy atom. The highest BCUT2D eigenvalue weighted by Crippen LogP contribution is 2.40. The van der Waals surface area contributed by atoms with E-state index in [-0.39, 0.29) is 17.5 Å². The quantitative estimate of drug-likeness (QED) is 0.315. The van der Waals surface area contributed by atoms with Crippen LogP contribution in [0.15, 0.2) is 30.3 Å². The van der Waals surface area contributed by atoms with Crippen LogP contribution in [-0.4, -0.2) is 25.6 Å². The van der Waals surface area contributed by atoms with Crippen LogP contribution in [-0.2, 0) is 6.42 Å². The van der Waals surface area contributed by atoms with Gasteiger partial charge in [0.15, 0.2) is 5.78 Å². The standard InChI is InChI=1S/C20H13FN4O/c1-9-6-14-18(16(26)7-9)17-11-8-10(21)2-5-15(11)25-20-13(23-24-25)4-3-12(22-14)19(17)20/h2-5,8-9H,6-7H2,1H3. The molecule has 5 nitrogen and oxygen atoms in total. The van der Waals surface area contributed by atoms with Gasteiger partial charge in [-0.05, 0) is 42.7 Å². The van der Waals surface area contributed by atoms with E-state index in [1.54, 1.807) is 10.6 Å². The van der Waals surface area contributed by atoms with Crippen LogP contribution in [0.3, 0.4) is 0 Å². The number of carbonyl (C=O) groups is 1. The molecule has 26 heavy (non-hydrogen) atoms. The van der Waals surface area contributed by atoms with Crippen LogP contribution < -0.4 is 0 Å². The van der Waals surface area contributed by atoms with Gasteiger partial charge >= 0.3 is 0 Å². The Hall–Kier alpha value is -3.15. The number of hydrogen-bond acceptors (Lipinski definition) is 4. The molecule has 0 fully saturated rings. The fourth-order valence-electron chi connectivity index (χ4n) is 4.41. The third-order valence-corrected chi connectivity index (χ3v) is 5.44. The lowest BCUT2D eigenvalue weighted by Crippen LogP contribution is -2.20. The van der Waals surface area contributed by atoms with Crippen molar-refractivity contribution in [3.63, 3.8) is 0 Å². The maximum atomic E-state index is 14.1. The van der Waals surface area contributed by atoms with Gasteiger partial charge in [0.1, 0.15) is 16.9 Å². The number of hydrogen-bond donors (Lipinski definition) is 0. The van der Waals surface area contributed by atoms with Crippen LogP contribution in [0, 0.1) is 11.7 Å². The number of nitrogens with zero attached hydrogens (tertiary/aromatic N) is 4. The Labute approximate surface area is 146 Å². The maximum Gasteiger partial charge on any atom is 0.165 e. The first-order chi connectivity index (χ1) is 12.6. The summed E-state index contributed by atoms with van der Waals surface area (Å²) in [6.07, 6.45) is 1.25. The summed E-state index contributed by atoms with van der Waals surface area (Å²) < 4.78 is 15.8. The second kappa shape index (κ2) is 4.52. The molecule has 3 aromatic heterocycles. The molecule has 2 aromatic carbocycles. The molecule has 1 unspecified atom stereocenters. The molecule has 1 aliphatic rings. The van der Waals surface area contributed by atoms with E-state index >= 15 is 0 Å². The predicted molar refractivity (Wildman–Crippen MR) is 96.3 cm³/mol. The van der Waals surface area contributed by atoms with Crippen molar-refractivity contribution < 1.29 is 9.18 Å². The van der Waals surface area contributed by atoms with Gasteiger partial charge in [-0.15, -0.1) is 5.10 Å². The Morgan fingerprint density at radius 3 is 2.85 bits per heavy atom. The molecule has 6 rings (SSSR count). The van der Waals surface area contributed by atoms with Crippen molar-refractivity contribution in [3.05, 3.63) is 47.4 Å². The SMILES string of the molecule is CC1CC(=O)c2c(nc3ccc4nnn5c6ccc(F)cc6c2c3c45)C1. The molecule has 1 aliphatic carbocycles. The zero-order valence-electron chi connectivity index (χ0n) is 14.0. The summed E-state index contributed by atoms with van der Waals surface area (Å²) in [4.78, 5) is 17.7. The number of benzene rings is 2. The van der Waals surface area contributed by atoms with E-state index < -0.39 is 0 Å². The molecule has 0 spiro atoms. The zero-order chi connectivity index (χ0) is 17.6. The fourth-order valence-corrected chi connectivity index (χ4v) is 4.41. The van der Waals surface area contributed by atoms with E-state index in [0.717, 1.165) is 45.0 Å². The number of Topliss-reactive ketones (excluding diaryl/α,β-unsaturated/α-hetero) is 1. The van der Waals surface area contributed by atoms with Crippen LogP contribution >= 0.6 is 0 Å². The lowest BCUT2D eigenvalue weighted by molar-refractivity contribution is 0.0954. The monoisotopic (exact) mass is 344 g/mol. The summed E-state index contributed by atoms with van der Waals surface area (Å²) >= 11 is 0. The van der Waals surface area contributed by atoms with Crippen LogP contribution in [0.5, 0.6) is 0 Å². The van der Waals surface area contributed by atoms with E-state index in [0.29, 0.717) is 17.4 Å². The van der Waals surface area contributed by atoms with Crippen LogP contribution in [0.1, 0.15) is 29.4 Å². The molecule has 0 saturated heterocycles. The summed E-state index contributed by atoms with van der Waals surface area (Å²) in [5.41, 5.74) is 4.57. The highest BCUT2D eigenvalue weighted by Gasteiger charge is 2.29. The van der Waals surface area contributed by atoms with Gasteiger partial charge < -0.3 is 0 Å². The first-order valence-electron chi connectivity index (χ1n) is 8.66. The van der Waals surface area contributed by atoms with E-state index in [9.17, 15) is 9.18 Å². The molecule has 0 saturated carbocycles. The second-order valence-corrected chi connectivity index (χ2v) is 7.24. The highest BCUT2D eigenvalue weighted by molar-refractivity contribution is 6.27. The third kappa shape index (κ3) is 1.59. The van der Waals surface area contributed by atoms with Crippen LogP contribution in [0.4, 0.5) is 4.39 Å². The van der Waals surface area contributed by atoms with Crippen LogP contribution in [0.2, 0.25) is 0 Å². The van der Waals surface area contributed by atoms with E-state index in [1.165, 1.54) is 12.1 Å². The molecule has 0 bridgehead atoms. The maximum absolute atomic E-state index is 14.1. The number of rotatable bonds is 0. The minimum atomic E-state index is -0.338. The Balaban J connectivity index is 2.00. The minimum Gasteiger partial charge on any atom is -0.294 e. The Morgan fingerprint density at radius 1 is 1.12 bits per heavy atom. The van der Waals surface area contributed by atoms with Crippen molar-refractivity contribution >= 4 is 44.0 Å². The first-order valence-corrected chi connectivity index (χ1v) is 8.66. The summed E-state index contributed by atoms with van der Waals surface area (Å²) in [6.45, 7) is 2.06. The number of carbonyl (C=O) groups excluding carboxylic acids is 1. The lowest BCUT2D eigenvalue weighted by atomic mass is 9.83. The largest absolute Gasteiger partial charge is 0.294 e. The van der Waals surface area contributed by atoms with Crippen molar-refractivity contribution in [2.75, 3.05) is 0 Å². The van der Waals surface area contributed by atoms with Crippen molar-refractivity contribution in [3.8, 4) is 0 Å². The second-order valence-electron chi connectivity index (χ2n) is 7.24. The third-order valence-electron chi connectivity index (χ3n) is 5.44. The highest BCUT2D eigenvalue weighted by atomic mass is 19.1. The summed E-state index contributed by atoms with van der Waals surface area (Å²) in [7, 11) is 0. The molecule has 1 atom stereocenters. The normalized spacial score (nSPS) is 17.8. The lowest BCUT2D eigenvalue weighted by Gasteiger charge is -2.23. The molecule has 3 heterocycles. The minimum absolute atomic E-state index is 0.0799. The molecule has 0 aliphatic heterocycles. The molecule has 0 N–H and O–H groups in total. The topological polar surface area (TPSA) is 60.2 Å². The average Bonchev–Trinajstić information content (AvgIpc) is 3.04. The molecule has 6 heteroatoms. The van der Waals surface area contributed by atoms with E-state index in [1.807, 2.05) is 12.1 Å².